The lowest BCUT2D eigenvalue weighted by molar-refractivity contribution is -0.152. The lowest BCUT2D eigenvalue weighted by Gasteiger charge is -2.39. The van der Waals surface area contributed by atoms with Crippen molar-refractivity contribution in [2.45, 2.75) is 77.0 Å². The molecule has 11 nitrogen and oxygen atoms in total. The summed E-state index contributed by atoms with van der Waals surface area (Å²) in [7, 11) is 0. The van der Waals surface area contributed by atoms with Crippen molar-refractivity contribution < 1.29 is 24.2 Å². The molecule has 0 radical (unpaired) electrons. The fraction of sp³-hybridized carbons (Fsp3) is 0.531. The number of aliphatic hydroxyl groups excluding tert-OH is 1. The zero-order valence-corrected chi connectivity index (χ0v) is 25.1. The van der Waals surface area contributed by atoms with Gasteiger partial charge in [-0.05, 0) is 42.9 Å². The topological polar surface area (TPSA) is 139 Å². The summed E-state index contributed by atoms with van der Waals surface area (Å²) in [4.78, 5) is 44.2. The van der Waals surface area contributed by atoms with E-state index in [9.17, 15) is 19.5 Å². The van der Waals surface area contributed by atoms with Gasteiger partial charge in [-0.2, -0.15) is 0 Å². The second kappa shape index (κ2) is 11.0. The van der Waals surface area contributed by atoms with Gasteiger partial charge in [0.25, 0.3) is 0 Å². The molecule has 1 spiro atoms. The zero-order chi connectivity index (χ0) is 30.5. The summed E-state index contributed by atoms with van der Waals surface area (Å²) in [5.74, 6) is -2.81. The number of rotatable bonds is 10. The van der Waals surface area contributed by atoms with Crippen molar-refractivity contribution >= 4 is 28.8 Å². The van der Waals surface area contributed by atoms with Crippen LogP contribution in [-0.4, -0.2) is 72.6 Å². The maximum atomic E-state index is 14.5. The van der Waals surface area contributed by atoms with Crippen molar-refractivity contribution in [1.29, 1.82) is 0 Å². The molecule has 6 rings (SSSR count). The molecule has 3 aliphatic heterocycles. The van der Waals surface area contributed by atoms with Gasteiger partial charge in [0, 0.05) is 6.54 Å². The Morgan fingerprint density at radius 2 is 1.84 bits per heavy atom. The molecule has 0 saturated carbocycles. The molecule has 3 amide bonds. The molecule has 1 aromatic heterocycles. The molecule has 3 aliphatic rings. The normalized spacial score (nSPS) is 30.8. The minimum Gasteiger partial charge on any atom is -0.394 e. The second-order valence-electron chi connectivity index (χ2n) is 12.6. The summed E-state index contributed by atoms with van der Waals surface area (Å²) in [6.07, 6.45) is 1.14. The van der Waals surface area contributed by atoms with Crippen LogP contribution in [0.1, 0.15) is 46.1 Å². The number of nitrogens with zero attached hydrogens (tertiary/aromatic N) is 4. The maximum Gasteiger partial charge on any atom is 0.247 e. The van der Waals surface area contributed by atoms with Crippen LogP contribution in [0.2, 0.25) is 0 Å². The summed E-state index contributed by atoms with van der Waals surface area (Å²) in [6.45, 7) is 7.91. The maximum absolute atomic E-state index is 14.5. The van der Waals surface area contributed by atoms with E-state index in [-0.39, 0.29) is 36.9 Å². The minimum atomic E-state index is -1.21. The SMILES string of the molecule is CC[C@H](C)[C@H](CO)N1C(=O)[C@@H]2[C@@H](C(=O)NCc3ccccc3)[C@]3(C)OC2(CC3C)C1C(=O)NCn1nnc2ccccc21. The predicted molar refractivity (Wildman–Crippen MR) is 158 cm³/mol. The standard InChI is InChI=1S/C32H40N6O5/c1-5-19(2)24(17-39)38-27(29(41)34-18-37-23-14-10-9-13-22(23)35-36-37)32-15-20(3)31(4,43-32)25(26(32)30(38)42)28(40)33-16-21-11-7-6-8-12-21/h6-14,19-20,24-27,39H,5,15-18H2,1-4H3,(H,33,40)(H,34,41)/t19-,20?,24-,25-,26-,27?,31+,32?/m0/s1. The van der Waals surface area contributed by atoms with E-state index < -0.39 is 41.0 Å². The third-order valence-corrected chi connectivity index (χ3v) is 10.3. The second-order valence-corrected chi connectivity index (χ2v) is 12.6. The van der Waals surface area contributed by atoms with Gasteiger partial charge in [-0.15, -0.1) is 5.10 Å². The van der Waals surface area contributed by atoms with Crippen LogP contribution in [-0.2, 0) is 32.3 Å². The fourth-order valence-electron chi connectivity index (χ4n) is 7.73. The number of carbonyl (C=O) groups excluding carboxylic acids is 3. The van der Waals surface area contributed by atoms with E-state index in [1.807, 2.05) is 82.3 Å². The van der Waals surface area contributed by atoms with Crippen LogP contribution in [0.5, 0.6) is 0 Å². The number of carbonyl (C=O) groups is 3. The van der Waals surface area contributed by atoms with Gasteiger partial charge in [0.05, 0.1) is 35.6 Å². The number of amides is 3. The number of benzene rings is 2. The molecule has 43 heavy (non-hydrogen) atoms. The highest BCUT2D eigenvalue weighted by Crippen LogP contribution is 2.65. The van der Waals surface area contributed by atoms with E-state index in [0.717, 1.165) is 11.1 Å². The molecule has 11 heteroatoms. The number of fused-ring (bicyclic) bond motifs is 2. The summed E-state index contributed by atoms with van der Waals surface area (Å²) in [5, 5.41) is 24.9. The van der Waals surface area contributed by atoms with E-state index in [4.69, 9.17) is 4.74 Å². The number of para-hydroxylation sites is 1. The van der Waals surface area contributed by atoms with Crippen LogP contribution in [0, 0.1) is 23.7 Å². The lowest BCUT2D eigenvalue weighted by Crippen LogP contribution is -2.59. The zero-order valence-electron chi connectivity index (χ0n) is 25.1. The summed E-state index contributed by atoms with van der Waals surface area (Å²) in [5.41, 5.74) is 0.269. The van der Waals surface area contributed by atoms with Crippen molar-refractivity contribution in [3.05, 3.63) is 60.2 Å². The molecule has 3 N–H and O–H groups in total. The number of nitrogens with one attached hydrogen (secondary N) is 2. The van der Waals surface area contributed by atoms with Crippen LogP contribution in [0.3, 0.4) is 0 Å². The molecule has 4 heterocycles. The minimum absolute atomic E-state index is 0.0412. The van der Waals surface area contributed by atoms with Crippen molar-refractivity contribution in [3.8, 4) is 0 Å². The van der Waals surface area contributed by atoms with Crippen molar-refractivity contribution in [2.75, 3.05) is 6.61 Å². The average molecular weight is 589 g/mol. The molecule has 0 aliphatic carbocycles. The highest BCUT2D eigenvalue weighted by molar-refractivity contribution is 5.99. The largest absolute Gasteiger partial charge is 0.394 e. The number of ether oxygens (including phenoxy) is 1. The van der Waals surface area contributed by atoms with Gasteiger partial charge in [-0.25, -0.2) is 4.68 Å². The van der Waals surface area contributed by atoms with Crippen LogP contribution in [0.15, 0.2) is 54.6 Å². The van der Waals surface area contributed by atoms with Crippen LogP contribution in [0.4, 0.5) is 0 Å². The average Bonchev–Trinajstić information content (AvgIpc) is 3.69. The Labute approximate surface area is 250 Å². The van der Waals surface area contributed by atoms with Crippen LogP contribution in [0.25, 0.3) is 11.0 Å². The van der Waals surface area contributed by atoms with Gasteiger partial charge in [0.1, 0.15) is 23.8 Å². The highest BCUT2D eigenvalue weighted by Gasteiger charge is 2.80. The molecule has 8 atom stereocenters. The summed E-state index contributed by atoms with van der Waals surface area (Å²) < 4.78 is 8.41. The lowest BCUT2D eigenvalue weighted by atomic mass is 9.62. The van der Waals surface area contributed by atoms with Crippen molar-refractivity contribution in [1.82, 2.24) is 30.5 Å². The van der Waals surface area contributed by atoms with Gasteiger partial charge >= 0.3 is 0 Å². The first kappa shape index (κ1) is 29.3. The Hall–Kier alpha value is -3.83. The molecule has 3 fully saturated rings. The molecular weight excluding hydrogens is 548 g/mol. The number of hydrogen-bond donors (Lipinski definition) is 3. The van der Waals surface area contributed by atoms with E-state index in [0.29, 0.717) is 24.9 Å². The number of likely N-dealkylation sites (tertiary alicyclic amines) is 1. The first-order valence-electron chi connectivity index (χ1n) is 15.2. The Morgan fingerprint density at radius 3 is 2.56 bits per heavy atom. The smallest absolute Gasteiger partial charge is 0.247 e. The van der Waals surface area contributed by atoms with Gasteiger partial charge in [0.15, 0.2) is 0 Å². The Morgan fingerprint density at radius 1 is 1.12 bits per heavy atom. The Bertz CT molecular complexity index is 1530. The quantitative estimate of drug-likeness (QED) is 0.330. The number of aromatic nitrogens is 3. The monoisotopic (exact) mass is 588 g/mol. The third-order valence-electron chi connectivity index (χ3n) is 10.3. The molecule has 228 valence electrons. The predicted octanol–water partition coefficient (Wildman–Crippen LogP) is 2.24. The van der Waals surface area contributed by atoms with Gasteiger partial charge in [0.2, 0.25) is 17.7 Å². The van der Waals surface area contributed by atoms with E-state index in [2.05, 4.69) is 20.9 Å². The molecule has 3 aromatic rings. The van der Waals surface area contributed by atoms with Gasteiger partial charge in [-0.3, -0.25) is 14.4 Å². The Kier molecular flexibility index (Phi) is 7.50. The van der Waals surface area contributed by atoms with E-state index in [1.54, 1.807) is 4.68 Å². The van der Waals surface area contributed by atoms with Gasteiger partial charge in [-0.1, -0.05) is 74.9 Å². The summed E-state index contributed by atoms with van der Waals surface area (Å²) in [6, 6.07) is 15.4. The summed E-state index contributed by atoms with van der Waals surface area (Å²) >= 11 is 0. The van der Waals surface area contributed by atoms with Crippen LogP contribution < -0.4 is 10.6 Å². The first-order valence-corrected chi connectivity index (χ1v) is 15.2. The molecule has 2 bridgehead atoms. The van der Waals surface area contributed by atoms with E-state index in [1.165, 1.54) is 4.90 Å². The van der Waals surface area contributed by atoms with Crippen molar-refractivity contribution in [2.24, 2.45) is 23.7 Å². The third kappa shape index (κ3) is 4.51. The first-order chi connectivity index (χ1) is 20.7. The number of hydrogen-bond acceptors (Lipinski definition) is 7. The highest BCUT2D eigenvalue weighted by atomic mass is 16.5. The van der Waals surface area contributed by atoms with Crippen LogP contribution >= 0.6 is 0 Å². The fourth-order valence-corrected chi connectivity index (χ4v) is 7.73. The van der Waals surface area contributed by atoms with Gasteiger partial charge < -0.3 is 25.4 Å². The molecule has 3 saturated heterocycles. The van der Waals surface area contributed by atoms with E-state index >= 15 is 0 Å². The molecular formula is C32H40N6O5. The van der Waals surface area contributed by atoms with Crippen molar-refractivity contribution in [3.63, 3.8) is 0 Å². The number of aliphatic hydroxyl groups is 1. The molecule has 2 aromatic carbocycles. The Balaban J connectivity index is 1.35. The molecule has 3 unspecified atom stereocenters.